The largest absolute Gasteiger partial charge is 0.461 e. The van der Waals surface area contributed by atoms with E-state index in [9.17, 15) is 0 Å². The third-order valence-corrected chi connectivity index (χ3v) is 7.20. The van der Waals surface area contributed by atoms with Crippen LogP contribution < -0.4 is 5.73 Å². The number of aryl methyl sites for hydroxylation is 2. The predicted octanol–water partition coefficient (Wildman–Crippen LogP) is 7.53. The number of imidazole rings is 1. The number of anilines is 1. The first kappa shape index (κ1) is 25.3. The molecule has 0 aliphatic heterocycles. The molecule has 6 nitrogen and oxygen atoms in total. The molecule has 0 spiro atoms. The molecule has 7 heteroatoms. The molecule has 0 aliphatic carbocycles. The van der Waals surface area contributed by atoms with Gasteiger partial charge in [0, 0.05) is 12.3 Å². The highest BCUT2D eigenvalue weighted by Gasteiger charge is 2.19. The van der Waals surface area contributed by atoms with E-state index in [1.54, 1.807) is 18.0 Å². The first-order valence-electron chi connectivity index (χ1n) is 13.0. The summed E-state index contributed by atoms with van der Waals surface area (Å²) in [6.45, 7) is 3.10. The second kappa shape index (κ2) is 13.3. The number of nitrogens with two attached hydrogens (primary N) is 1. The molecule has 4 aromatic rings. The summed E-state index contributed by atoms with van der Waals surface area (Å²) in [5, 5.41) is 0.714. The highest BCUT2D eigenvalue weighted by atomic mass is 32.2. The Balaban J connectivity index is 1.43. The third-order valence-electron chi connectivity index (χ3n) is 6.26. The summed E-state index contributed by atoms with van der Waals surface area (Å²) in [4.78, 5) is 14.2. The number of aromatic nitrogens is 4. The number of furan rings is 1. The van der Waals surface area contributed by atoms with Crippen molar-refractivity contribution in [3.8, 4) is 11.6 Å². The minimum atomic E-state index is 0.433. The van der Waals surface area contributed by atoms with Gasteiger partial charge in [0.25, 0.3) is 0 Å². The first-order valence-corrected chi connectivity index (χ1v) is 14.0. The number of hydrogen-bond acceptors (Lipinski definition) is 6. The highest BCUT2D eigenvalue weighted by Crippen LogP contribution is 2.29. The molecule has 0 radical (unpaired) electrons. The molecule has 2 N–H and O–H groups in total. The molecule has 0 amide bonds. The molecular formula is C28H37N5OS. The van der Waals surface area contributed by atoms with E-state index in [1.165, 1.54) is 50.5 Å². The van der Waals surface area contributed by atoms with Gasteiger partial charge in [-0.1, -0.05) is 94.0 Å². The van der Waals surface area contributed by atoms with Crippen LogP contribution in [0.4, 0.5) is 5.82 Å². The number of rotatable bonds is 15. The van der Waals surface area contributed by atoms with Crippen LogP contribution in [0.1, 0.15) is 70.3 Å². The Labute approximate surface area is 212 Å². The van der Waals surface area contributed by atoms with Crippen molar-refractivity contribution in [1.29, 1.82) is 0 Å². The number of nitrogen functional groups attached to an aromatic ring is 1. The Bertz CT molecular complexity index is 1160. The lowest BCUT2D eigenvalue weighted by molar-refractivity contribution is 0.538. The van der Waals surface area contributed by atoms with Crippen molar-refractivity contribution in [2.24, 2.45) is 0 Å². The van der Waals surface area contributed by atoms with Crippen LogP contribution in [0.3, 0.4) is 0 Å². The van der Waals surface area contributed by atoms with Crippen molar-refractivity contribution in [1.82, 2.24) is 19.5 Å². The monoisotopic (exact) mass is 491 g/mol. The zero-order valence-corrected chi connectivity index (χ0v) is 21.6. The standard InChI is InChI=1S/C28H37N5OS/c1-2-3-4-5-6-7-8-12-19-33-26(23-18-13-20-34-23)30-24-25(29)31-28(32-27(24)33)35-21-14-17-22-15-10-9-11-16-22/h9-11,13,15-16,18,20H,2-8,12,14,17,19,21H2,1H3,(H2,29,31,32). The molecule has 4 rings (SSSR count). The Morgan fingerprint density at radius 2 is 1.63 bits per heavy atom. The molecule has 0 bridgehead atoms. The number of fused-ring (bicyclic) bond motifs is 1. The van der Waals surface area contributed by atoms with Crippen LogP contribution in [0.5, 0.6) is 0 Å². The van der Waals surface area contributed by atoms with E-state index in [0.29, 0.717) is 16.5 Å². The molecule has 1 aromatic carbocycles. The lowest BCUT2D eigenvalue weighted by atomic mass is 10.1. The lowest BCUT2D eigenvalue weighted by Gasteiger charge is -2.08. The van der Waals surface area contributed by atoms with E-state index in [1.807, 2.05) is 12.1 Å². The molecule has 0 fully saturated rings. The van der Waals surface area contributed by atoms with Gasteiger partial charge in [0.1, 0.15) is 0 Å². The fourth-order valence-corrected chi connectivity index (χ4v) is 5.14. The molecule has 0 saturated carbocycles. The molecule has 35 heavy (non-hydrogen) atoms. The first-order chi connectivity index (χ1) is 17.3. The number of hydrogen-bond donors (Lipinski definition) is 1. The predicted molar refractivity (Wildman–Crippen MR) is 146 cm³/mol. The minimum Gasteiger partial charge on any atom is -0.461 e. The van der Waals surface area contributed by atoms with Gasteiger partial charge in [-0.2, -0.15) is 0 Å². The number of unbranched alkanes of at least 4 members (excludes halogenated alkanes) is 7. The molecular weight excluding hydrogens is 454 g/mol. The Morgan fingerprint density at radius 1 is 0.857 bits per heavy atom. The van der Waals surface area contributed by atoms with Crippen LogP contribution in [-0.4, -0.2) is 25.3 Å². The quantitative estimate of drug-likeness (QED) is 0.105. The minimum absolute atomic E-state index is 0.433. The summed E-state index contributed by atoms with van der Waals surface area (Å²) in [6.07, 6.45) is 14.0. The second-order valence-electron chi connectivity index (χ2n) is 9.04. The van der Waals surface area contributed by atoms with Gasteiger partial charge in [-0.15, -0.1) is 0 Å². The van der Waals surface area contributed by atoms with Gasteiger partial charge in [-0.25, -0.2) is 15.0 Å². The van der Waals surface area contributed by atoms with Gasteiger partial charge in [-0.3, -0.25) is 0 Å². The lowest BCUT2D eigenvalue weighted by Crippen LogP contribution is -2.04. The normalized spacial score (nSPS) is 11.5. The molecule has 0 atom stereocenters. The van der Waals surface area contributed by atoms with Crippen molar-refractivity contribution in [2.45, 2.75) is 82.8 Å². The molecule has 0 unspecified atom stereocenters. The SMILES string of the molecule is CCCCCCCCCCn1c(-c2ccco2)nc2c(N)nc(SCCCc3ccccc3)nc21. The Morgan fingerprint density at radius 3 is 2.37 bits per heavy atom. The van der Waals surface area contributed by atoms with Crippen molar-refractivity contribution < 1.29 is 4.42 Å². The molecule has 3 heterocycles. The summed E-state index contributed by atoms with van der Waals surface area (Å²) in [6, 6.07) is 14.4. The summed E-state index contributed by atoms with van der Waals surface area (Å²) >= 11 is 1.66. The maximum Gasteiger partial charge on any atom is 0.191 e. The second-order valence-corrected chi connectivity index (χ2v) is 10.1. The van der Waals surface area contributed by atoms with Gasteiger partial charge in [0.15, 0.2) is 33.7 Å². The summed E-state index contributed by atoms with van der Waals surface area (Å²) in [7, 11) is 0. The summed E-state index contributed by atoms with van der Waals surface area (Å²) in [5.74, 6) is 2.89. The van der Waals surface area contributed by atoms with Gasteiger partial charge in [0.05, 0.1) is 6.26 Å². The van der Waals surface area contributed by atoms with Crippen LogP contribution >= 0.6 is 11.8 Å². The topological polar surface area (TPSA) is 82.8 Å². The van der Waals surface area contributed by atoms with E-state index in [0.717, 1.165) is 48.8 Å². The molecule has 0 aliphatic rings. The summed E-state index contributed by atoms with van der Waals surface area (Å²) in [5.41, 5.74) is 9.17. The van der Waals surface area contributed by atoms with Gasteiger partial charge in [0.2, 0.25) is 0 Å². The number of thioether (sulfide) groups is 1. The van der Waals surface area contributed by atoms with Crippen molar-refractivity contribution >= 4 is 28.7 Å². The Hall–Kier alpha value is -2.80. The highest BCUT2D eigenvalue weighted by molar-refractivity contribution is 7.99. The van der Waals surface area contributed by atoms with Crippen LogP contribution in [0, 0.1) is 0 Å². The summed E-state index contributed by atoms with van der Waals surface area (Å²) < 4.78 is 7.85. The van der Waals surface area contributed by atoms with Crippen molar-refractivity contribution in [3.63, 3.8) is 0 Å². The van der Waals surface area contributed by atoms with Crippen LogP contribution in [0.15, 0.2) is 58.3 Å². The van der Waals surface area contributed by atoms with Crippen molar-refractivity contribution in [2.75, 3.05) is 11.5 Å². The van der Waals surface area contributed by atoms with Crippen LogP contribution in [0.2, 0.25) is 0 Å². The van der Waals surface area contributed by atoms with E-state index < -0.39 is 0 Å². The molecule has 3 aromatic heterocycles. The fraction of sp³-hybridized carbons (Fsp3) is 0.464. The van der Waals surface area contributed by atoms with Crippen molar-refractivity contribution in [3.05, 3.63) is 54.3 Å². The van der Waals surface area contributed by atoms with E-state index in [2.05, 4.69) is 46.8 Å². The van der Waals surface area contributed by atoms with Gasteiger partial charge < -0.3 is 14.7 Å². The molecule has 0 saturated heterocycles. The van der Waals surface area contributed by atoms with E-state index >= 15 is 0 Å². The van der Waals surface area contributed by atoms with Gasteiger partial charge in [-0.05, 0) is 37.0 Å². The van der Waals surface area contributed by atoms with E-state index in [-0.39, 0.29) is 0 Å². The maximum atomic E-state index is 6.35. The van der Waals surface area contributed by atoms with Gasteiger partial charge >= 0.3 is 0 Å². The van der Waals surface area contributed by atoms with E-state index in [4.69, 9.17) is 20.1 Å². The fourth-order valence-electron chi connectivity index (χ4n) is 4.36. The Kier molecular flexibility index (Phi) is 9.64. The zero-order chi connectivity index (χ0) is 24.3. The van der Waals surface area contributed by atoms with Crippen LogP contribution in [0.25, 0.3) is 22.7 Å². The molecule has 186 valence electrons. The average Bonchev–Trinajstić information content (AvgIpc) is 3.53. The smallest absolute Gasteiger partial charge is 0.191 e. The van der Waals surface area contributed by atoms with Crippen LogP contribution in [-0.2, 0) is 13.0 Å². The number of benzene rings is 1. The maximum absolute atomic E-state index is 6.35. The third kappa shape index (κ3) is 7.10. The number of nitrogens with zero attached hydrogens (tertiary/aromatic N) is 4. The average molecular weight is 492 g/mol. The zero-order valence-electron chi connectivity index (χ0n) is 20.8.